The first-order chi connectivity index (χ1) is 19.7. The summed E-state index contributed by atoms with van der Waals surface area (Å²) in [6, 6.07) is -0.123. The van der Waals surface area contributed by atoms with Crippen molar-refractivity contribution in [3.63, 3.8) is 0 Å². The van der Waals surface area contributed by atoms with Gasteiger partial charge in [-0.2, -0.15) is 8.78 Å². The van der Waals surface area contributed by atoms with Gasteiger partial charge in [-0.3, -0.25) is 33.8 Å². The number of likely N-dealkylation sites (tertiary alicyclic amines) is 1. The number of piperidine rings is 1. The molecule has 12 heteroatoms. The average molecular weight is 591 g/mol. The molecule has 1 aromatic rings. The van der Waals surface area contributed by atoms with Crippen LogP contribution in [0.1, 0.15) is 59.7 Å². The van der Waals surface area contributed by atoms with E-state index < -0.39 is 93.0 Å². The third kappa shape index (κ3) is 4.46. The van der Waals surface area contributed by atoms with Crippen molar-refractivity contribution in [2.24, 2.45) is 23.7 Å². The molecule has 1 heterocycles. The molecule has 226 valence electrons. The molecular weight excluding hydrogens is 557 g/mol. The van der Waals surface area contributed by atoms with Gasteiger partial charge in [-0.1, -0.05) is 6.42 Å². The summed E-state index contributed by atoms with van der Waals surface area (Å²) in [6.07, 6.45) is -0.400. The molecule has 1 saturated heterocycles. The number of phenolic OH excluding ortho intramolecular Hbond substituents is 1. The number of carbonyl (C=O) groups excluding carboxylic acids is 5. The number of halogens is 3. The van der Waals surface area contributed by atoms with Crippen molar-refractivity contribution < 1.29 is 47.4 Å². The number of hydrogen-bond acceptors (Lipinski definition) is 9. The highest BCUT2D eigenvalue weighted by molar-refractivity contribution is 6.32. The molecule has 4 aliphatic rings. The van der Waals surface area contributed by atoms with Crippen LogP contribution < -0.4 is 0 Å². The predicted molar refractivity (Wildman–Crippen MR) is 142 cm³/mol. The second-order valence-electron chi connectivity index (χ2n) is 12.2. The number of carbonyl (C=O) groups is 5. The van der Waals surface area contributed by atoms with Gasteiger partial charge in [-0.15, -0.1) is 0 Å². The molecule has 6 atom stereocenters. The lowest BCUT2D eigenvalue weighted by molar-refractivity contribution is -0.181. The maximum atomic E-state index is 15.0. The van der Waals surface area contributed by atoms with Crippen LogP contribution in [0.2, 0.25) is 0 Å². The average Bonchev–Trinajstić information content (AvgIpc) is 2.92. The van der Waals surface area contributed by atoms with E-state index in [1.165, 1.54) is 19.0 Å². The fraction of sp³-hybridized carbons (Fsp3) is 0.567. The number of rotatable bonds is 5. The Morgan fingerprint density at radius 2 is 1.71 bits per heavy atom. The zero-order valence-corrected chi connectivity index (χ0v) is 23.6. The highest BCUT2D eigenvalue weighted by atomic mass is 19.3. The Bertz CT molecular complexity index is 1430. The highest BCUT2D eigenvalue weighted by Gasteiger charge is 2.69. The lowest BCUT2D eigenvalue weighted by Gasteiger charge is -2.52. The monoisotopic (exact) mass is 590 g/mol. The molecule has 0 aromatic heterocycles. The smallest absolute Gasteiger partial charge is 0.306 e. The Kier molecular flexibility index (Phi) is 7.78. The van der Waals surface area contributed by atoms with Crippen LogP contribution in [-0.4, -0.2) is 87.8 Å². The lowest BCUT2D eigenvalue weighted by atomic mass is 9.52. The molecule has 3 aliphatic carbocycles. The van der Waals surface area contributed by atoms with Gasteiger partial charge in [0.1, 0.15) is 17.5 Å². The van der Waals surface area contributed by atoms with E-state index in [4.69, 9.17) is 0 Å². The molecule has 42 heavy (non-hydrogen) atoms. The molecule has 3 fully saturated rings. The first kappa shape index (κ1) is 30.2. The van der Waals surface area contributed by atoms with Crippen molar-refractivity contribution in [2.45, 2.75) is 57.2 Å². The summed E-state index contributed by atoms with van der Waals surface area (Å²) in [5.74, 6) is -13.4. The Morgan fingerprint density at radius 1 is 1.07 bits per heavy atom. The summed E-state index contributed by atoms with van der Waals surface area (Å²) in [5, 5.41) is 23.0. The molecule has 0 bridgehead atoms. The summed E-state index contributed by atoms with van der Waals surface area (Å²) < 4.78 is 42.2. The second-order valence-corrected chi connectivity index (χ2v) is 12.2. The van der Waals surface area contributed by atoms with Gasteiger partial charge < -0.3 is 10.2 Å². The van der Waals surface area contributed by atoms with Gasteiger partial charge in [0, 0.05) is 23.6 Å². The molecule has 0 radical (unpaired) electrons. The van der Waals surface area contributed by atoms with Gasteiger partial charge in [0.2, 0.25) is 0 Å². The fourth-order valence-electron chi connectivity index (χ4n) is 7.62. The van der Waals surface area contributed by atoms with Crippen molar-refractivity contribution in [3.05, 3.63) is 34.4 Å². The third-order valence-electron chi connectivity index (χ3n) is 9.51. The molecular formula is C30H33F3N2O7. The standard InChI is InChI=1S/C30H33F3N2O7/c1-13(36)19-26(39)23(34(2)3)18-11-14-9-16-17(22(31)29(32)33)10-15(12-35-7-5-4-6-8-35)24(37)21(16)25(38)20(14)28(41)30(18,42)27(19)40/h10,14,18-20,23,37,42H,4-9,11-12H2,1-3H3/t14?,18?,19?,20?,23-,30-/m1/s1. The third-order valence-corrected chi connectivity index (χ3v) is 9.51. The lowest BCUT2D eigenvalue weighted by Crippen LogP contribution is -2.73. The van der Waals surface area contributed by atoms with Gasteiger partial charge in [0.25, 0.3) is 0 Å². The molecule has 5 rings (SSSR count). The van der Waals surface area contributed by atoms with Crippen LogP contribution in [-0.2, 0) is 32.1 Å². The predicted octanol–water partition coefficient (Wildman–Crippen LogP) is 2.49. The molecule has 4 unspecified atom stereocenters. The van der Waals surface area contributed by atoms with Crippen molar-refractivity contribution >= 4 is 34.7 Å². The summed E-state index contributed by atoms with van der Waals surface area (Å²) in [4.78, 5) is 70.4. The van der Waals surface area contributed by atoms with E-state index in [0.29, 0.717) is 13.1 Å². The van der Waals surface area contributed by atoms with Gasteiger partial charge >= 0.3 is 6.08 Å². The van der Waals surface area contributed by atoms with Crippen molar-refractivity contribution in [1.82, 2.24) is 9.80 Å². The molecule has 1 aliphatic heterocycles. The number of fused-ring (bicyclic) bond motifs is 3. The van der Waals surface area contributed by atoms with Crippen molar-refractivity contribution in [1.29, 1.82) is 0 Å². The number of ketones is 5. The van der Waals surface area contributed by atoms with E-state index in [1.54, 1.807) is 0 Å². The minimum atomic E-state index is -2.84. The van der Waals surface area contributed by atoms with Crippen LogP contribution in [0, 0.1) is 23.7 Å². The Morgan fingerprint density at radius 3 is 2.29 bits per heavy atom. The maximum Gasteiger partial charge on any atom is 0.306 e. The van der Waals surface area contributed by atoms with Crippen molar-refractivity contribution in [2.75, 3.05) is 27.2 Å². The fourth-order valence-corrected chi connectivity index (χ4v) is 7.62. The van der Waals surface area contributed by atoms with E-state index in [0.717, 1.165) is 32.3 Å². The number of aromatic hydroxyl groups is 1. The first-order valence-electron chi connectivity index (χ1n) is 14.1. The van der Waals surface area contributed by atoms with Crippen LogP contribution in [0.3, 0.4) is 0 Å². The minimum Gasteiger partial charge on any atom is -0.507 e. The van der Waals surface area contributed by atoms with Gasteiger partial charge in [0.15, 0.2) is 34.6 Å². The molecule has 2 saturated carbocycles. The van der Waals surface area contributed by atoms with E-state index in [1.807, 2.05) is 4.90 Å². The highest BCUT2D eigenvalue weighted by Crippen LogP contribution is 2.52. The van der Waals surface area contributed by atoms with Crippen LogP contribution in [0.25, 0.3) is 5.83 Å². The first-order valence-corrected chi connectivity index (χ1v) is 14.1. The number of nitrogens with zero attached hydrogens (tertiary/aromatic N) is 2. The van der Waals surface area contributed by atoms with Crippen LogP contribution in [0.5, 0.6) is 5.75 Å². The minimum absolute atomic E-state index is 0.0392. The molecule has 0 spiro atoms. The summed E-state index contributed by atoms with van der Waals surface area (Å²) in [5.41, 5.74) is -4.04. The maximum absolute atomic E-state index is 15.0. The Balaban J connectivity index is 1.65. The van der Waals surface area contributed by atoms with E-state index in [-0.39, 0.29) is 30.5 Å². The Hall–Kier alpha value is -3.22. The van der Waals surface area contributed by atoms with Crippen molar-refractivity contribution in [3.8, 4) is 5.75 Å². The van der Waals surface area contributed by atoms with Crippen LogP contribution in [0.4, 0.5) is 13.2 Å². The van der Waals surface area contributed by atoms with E-state index in [9.17, 15) is 47.4 Å². The number of phenols is 1. The van der Waals surface area contributed by atoms with Gasteiger partial charge in [-0.05, 0) is 77.3 Å². The summed E-state index contributed by atoms with van der Waals surface area (Å²) >= 11 is 0. The largest absolute Gasteiger partial charge is 0.507 e. The van der Waals surface area contributed by atoms with Crippen LogP contribution >= 0.6 is 0 Å². The number of aliphatic hydroxyl groups is 1. The summed E-state index contributed by atoms with van der Waals surface area (Å²) in [6.45, 7) is 2.36. The number of Topliss-reactive ketones (excluding diaryl/α,β-unsaturated/α-hetero) is 5. The topological polar surface area (TPSA) is 132 Å². The molecule has 0 amide bonds. The Labute approximate surface area is 240 Å². The number of likely N-dealkylation sites (N-methyl/N-ethyl adjacent to an activating group) is 1. The van der Waals surface area contributed by atoms with Crippen LogP contribution in [0.15, 0.2) is 12.1 Å². The number of benzene rings is 1. The van der Waals surface area contributed by atoms with Gasteiger partial charge in [0.05, 0.1) is 17.5 Å². The zero-order chi connectivity index (χ0) is 30.8. The molecule has 2 N–H and O–H groups in total. The molecule has 9 nitrogen and oxygen atoms in total. The SMILES string of the molecule is CC(=O)C1C(=O)[C@H](N(C)C)C2CC3Cc4c(C(F)=C(F)F)cc(CN5CCCCC5)c(O)c4C(=O)C3C(=O)[C@]2(O)C1=O. The second kappa shape index (κ2) is 10.8. The summed E-state index contributed by atoms with van der Waals surface area (Å²) in [7, 11) is 2.97. The zero-order valence-electron chi connectivity index (χ0n) is 23.6. The van der Waals surface area contributed by atoms with Gasteiger partial charge in [-0.25, -0.2) is 4.39 Å². The van der Waals surface area contributed by atoms with E-state index >= 15 is 0 Å². The molecule has 1 aromatic carbocycles. The number of hydrogen-bond donors (Lipinski definition) is 2. The van der Waals surface area contributed by atoms with E-state index in [2.05, 4.69) is 0 Å². The quantitative estimate of drug-likeness (QED) is 0.497. The normalized spacial score (nSPS) is 31.5.